The molecule has 0 fully saturated rings. The van der Waals surface area contributed by atoms with E-state index in [1.807, 2.05) is 0 Å². The average Bonchev–Trinajstić information content (AvgIpc) is 2.56. The highest BCUT2D eigenvalue weighted by atomic mass is 32.1. The SMILES string of the molecule is CC(=O)NC(=O)c1sc2ncccc2c1N. The molecule has 0 saturated heterocycles. The van der Waals surface area contributed by atoms with Crippen LogP contribution in [0.25, 0.3) is 10.2 Å². The minimum Gasteiger partial charge on any atom is -0.397 e. The van der Waals surface area contributed by atoms with E-state index in [0.29, 0.717) is 15.4 Å². The number of aromatic nitrogens is 1. The first-order valence-electron chi connectivity index (χ1n) is 4.54. The molecule has 0 atom stereocenters. The molecule has 0 aliphatic heterocycles. The lowest BCUT2D eigenvalue weighted by Gasteiger charge is -1.98. The van der Waals surface area contributed by atoms with Gasteiger partial charge in [-0.1, -0.05) is 0 Å². The number of nitrogens with zero attached hydrogens (tertiary/aromatic N) is 1. The maximum Gasteiger partial charge on any atom is 0.270 e. The number of nitrogens with two attached hydrogens (primary N) is 1. The Morgan fingerprint density at radius 1 is 1.50 bits per heavy atom. The van der Waals surface area contributed by atoms with Crippen LogP contribution >= 0.6 is 11.3 Å². The summed E-state index contributed by atoms with van der Waals surface area (Å²) in [5.41, 5.74) is 6.18. The van der Waals surface area contributed by atoms with E-state index in [4.69, 9.17) is 5.73 Å². The molecule has 0 aromatic carbocycles. The van der Waals surface area contributed by atoms with Gasteiger partial charge < -0.3 is 5.73 Å². The number of anilines is 1. The van der Waals surface area contributed by atoms with E-state index in [2.05, 4.69) is 10.3 Å². The minimum atomic E-state index is -0.479. The Labute approximate surface area is 95.3 Å². The van der Waals surface area contributed by atoms with Crippen LogP contribution in [0.4, 0.5) is 5.69 Å². The van der Waals surface area contributed by atoms with Crippen molar-refractivity contribution in [2.75, 3.05) is 5.73 Å². The Balaban J connectivity index is 2.49. The fourth-order valence-corrected chi connectivity index (χ4v) is 2.29. The smallest absolute Gasteiger partial charge is 0.270 e. The van der Waals surface area contributed by atoms with Crippen LogP contribution in [0.5, 0.6) is 0 Å². The maximum absolute atomic E-state index is 11.6. The predicted octanol–water partition coefficient (Wildman–Crippen LogP) is 1.15. The molecule has 82 valence electrons. The van der Waals surface area contributed by atoms with Crippen LogP contribution in [0.15, 0.2) is 18.3 Å². The van der Waals surface area contributed by atoms with Crippen molar-refractivity contribution in [2.24, 2.45) is 0 Å². The van der Waals surface area contributed by atoms with Crippen molar-refractivity contribution in [1.29, 1.82) is 0 Å². The summed E-state index contributed by atoms with van der Waals surface area (Å²) in [5.74, 6) is -0.886. The summed E-state index contributed by atoms with van der Waals surface area (Å²) < 4.78 is 0. The van der Waals surface area contributed by atoms with Crippen LogP contribution in [0.2, 0.25) is 0 Å². The molecule has 2 heterocycles. The molecule has 0 bridgehead atoms. The van der Waals surface area contributed by atoms with Crippen molar-refractivity contribution < 1.29 is 9.59 Å². The van der Waals surface area contributed by atoms with Gasteiger partial charge in [-0.15, -0.1) is 11.3 Å². The van der Waals surface area contributed by atoms with E-state index in [1.54, 1.807) is 18.3 Å². The van der Waals surface area contributed by atoms with E-state index in [1.165, 1.54) is 18.3 Å². The fraction of sp³-hybridized carbons (Fsp3) is 0.100. The monoisotopic (exact) mass is 235 g/mol. The molecule has 0 aliphatic carbocycles. The molecule has 2 amide bonds. The number of hydrogen-bond donors (Lipinski definition) is 2. The summed E-state index contributed by atoms with van der Waals surface area (Å²) in [6, 6.07) is 3.54. The number of thiophene rings is 1. The van der Waals surface area contributed by atoms with Gasteiger partial charge in [0.15, 0.2) is 0 Å². The van der Waals surface area contributed by atoms with E-state index >= 15 is 0 Å². The van der Waals surface area contributed by atoms with Gasteiger partial charge in [0.2, 0.25) is 5.91 Å². The Bertz CT molecular complexity index is 576. The van der Waals surface area contributed by atoms with Gasteiger partial charge in [0, 0.05) is 18.5 Å². The largest absolute Gasteiger partial charge is 0.397 e. The van der Waals surface area contributed by atoms with Gasteiger partial charge in [-0.25, -0.2) is 4.98 Å². The second-order valence-electron chi connectivity index (χ2n) is 3.21. The van der Waals surface area contributed by atoms with Gasteiger partial charge in [-0.2, -0.15) is 0 Å². The zero-order valence-corrected chi connectivity index (χ0v) is 9.30. The number of nitrogen functional groups attached to an aromatic ring is 1. The van der Waals surface area contributed by atoms with E-state index in [-0.39, 0.29) is 0 Å². The van der Waals surface area contributed by atoms with Crippen LogP contribution in [0, 0.1) is 0 Å². The van der Waals surface area contributed by atoms with Gasteiger partial charge >= 0.3 is 0 Å². The third-order valence-corrected chi connectivity index (χ3v) is 3.13. The number of amides is 2. The van der Waals surface area contributed by atoms with Crippen molar-refractivity contribution in [3.63, 3.8) is 0 Å². The molecular weight excluding hydrogens is 226 g/mol. The Hall–Kier alpha value is -1.95. The summed E-state index contributed by atoms with van der Waals surface area (Å²) in [5, 5.41) is 2.92. The topological polar surface area (TPSA) is 85.1 Å². The number of hydrogen-bond acceptors (Lipinski definition) is 5. The van der Waals surface area contributed by atoms with Gasteiger partial charge in [-0.3, -0.25) is 14.9 Å². The number of rotatable bonds is 1. The molecule has 0 spiro atoms. The third kappa shape index (κ3) is 1.74. The molecule has 0 radical (unpaired) electrons. The molecule has 0 unspecified atom stereocenters. The van der Waals surface area contributed by atoms with Crippen molar-refractivity contribution in [3.8, 4) is 0 Å². The predicted molar refractivity (Wildman–Crippen MR) is 62.2 cm³/mol. The highest BCUT2D eigenvalue weighted by Crippen LogP contribution is 2.31. The first kappa shape index (κ1) is 10.6. The van der Waals surface area contributed by atoms with Crippen LogP contribution in [-0.2, 0) is 4.79 Å². The summed E-state index contributed by atoms with van der Waals surface area (Å²) in [6.07, 6.45) is 1.63. The molecule has 0 saturated carbocycles. The maximum atomic E-state index is 11.6. The normalized spacial score (nSPS) is 10.3. The van der Waals surface area contributed by atoms with E-state index < -0.39 is 11.8 Å². The van der Waals surface area contributed by atoms with Crippen LogP contribution in [0.1, 0.15) is 16.6 Å². The van der Waals surface area contributed by atoms with E-state index in [0.717, 1.165) is 5.39 Å². The summed E-state index contributed by atoms with van der Waals surface area (Å²) >= 11 is 1.17. The number of carbonyl (C=O) groups is 2. The Morgan fingerprint density at radius 2 is 2.25 bits per heavy atom. The van der Waals surface area contributed by atoms with Crippen molar-refractivity contribution in [1.82, 2.24) is 10.3 Å². The molecule has 16 heavy (non-hydrogen) atoms. The molecular formula is C10H9N3O2S. The third-order valence-electron chi connectivity index (χ3n) is 2.00. The van der Waals surface area contributed by atoms with Crippen molar-refractivity contribution in [2.45, 2.75) is 6.92 Å². The number of nitrogens with one attached hydrogen (secondary N) is 1. The lowest BCUT2D eigenvalue weighted by atomic mass is 10.2. The quantitative estimate of drug-likeness (QED) is 0.776. The molecule has 6 heteroatoms. The lowest BCUT2D eigenvalue weighted by molar-refractivity contribution is -0.118. The standard InChI is InChI=1S/C10H9N3O2S/c1-5(14)13-9(15)8-7(11)6-3-2-4-12-10(6)16-8/h2-4H,11H2,1H3,(H,13,14,15). The zero-order valence-electron chi connectivity index (χ0n) is 8.48. The number of carbonyl (C=O) groups excluding carboxylic acids is 2. The summed E-state index contributed by atoms with van der Waals surface area (Å²) in [7, 11) is 0. The van der Waals surface area contributed by atoms with Crippen molar-refractivity contribution >= 4 is 39.1 Å². The Kier molecular flexibility index (Phi) is 2.57. The first-order chi connectivity index (χ1) is 7.59. The molecule has 2 aromatic rings. The zero-order chi connectivity index (χ0) is 11.7. The van der Waals surface area contributed by atoms with Crippen LogP contribution < -0.4 is 11.1 Å². The molecule has 2 rings (SSSR count). The number of pyridine rings is 1. The van der Waals surface area contributed by atoms with Gasteiger partial charge in [0.05, 0.1) is 5.69 Å². The highest BCUT2D eigenvalue weighted by molar-refractivity contribution is 7.21. The second-order valence-corrected chi connectivity index (χ2v) is 4.21. The second kappa shape index (κ2) is 3.90. The molecule has 3 N–H and O–H groups in total. The number of imide groups is 1. The van der Waals surface area contributed by atoms with Gasteiger partial charge in [0.1, 0.15) is 9.71 Å². The van der Waals surface area contributed by atoms with Gasteiger partial charge in [-0.05, 0) is 12.1 Å². The van der Waals surface area contributed by atoms with Crippen LogP contribution in [0.3, 0.4) is 0 Å². The fourth-order valence-electron chi connectivity index (χ4n) is 1.34. The number of fused-ring (bicyclic) bond motifs is 1. The highest BCUT2D eigenvalue weighted by Gasteiger charge is 2.17. The lowest BCUT2D eigenvalue weighted by Crippen LogP contribution is -2.27. The van der Waals surface area contributed by atoms with Crippen molar-refractivity contribution in [3.05, 3.63) is 23.2 Å². The summed E-state index contributed by atoms with van der Waals surface area (Å²) in [4.78, 5) is 27.5. The Morgan fingerprint density at radius 3 is 2.88 bits per heavy atom. The average molecular weight is 235 g/mol. The first-order valence-corrected chi connectivity index (χ1v) is 5.36. The minimum absolute atomic E-state index is 0.323. The molecule has 2 aromatic heterocycles. The van der Waals surface area contributed by atoms with Crippen LogP contribution in [-0.4, -0.2) is 16.8 Å². The van der Waals surface area contributed by atoms with Gasteiger partial charge in [0.25, 0.3) is 5.91 Å². The molecule has 5 nitrogen and oxygen atoms in total. The molecule has 0 aliphatic rings. The summed E-state index contributed by atoms with van der Waals surface area (Å²) in [6.45, 7) is 1.28. The van der Waals surface area contributed by atoms with E-state index in [9.17, 15) is 9.59 Å².